The Balaban J connectivity index is 2.24. The van der Waals surface area contributed by atoms with Gasteiger partial charge in [0, 0.05) is 26.3 Å². The third kappa shape index (κ3) is 2.10. The van der Waals surface area contributed by atoms with Gasteiger partial charge in [0.15, 0.2) is 0 Å². The van der Waals surface area contributed by atoms with Crippen LogP contribution in [0.2, 0.25) is 0 Å². The maximum Gasteiger partial charge on any atom is 0.307 e. The summed E-state index contributed by atoms with van der Waals surface area (Å²) in [5.41, 5.74) is 0. The monoisotopic (exact) mass is 275 g/mol. The molecular weight excluding hydrogens is 270 g/mol. The Morgan fingerprint density at radius 1 is 1.46 bits per heavy atom. The van der Waals surface area contributed by atoms with Gasteiger partial charge in [-0.3, -0.25) is 4.79 Å². The Kier molecular flexibility index (Phi) is 2.66. The van der Waals surface area contributed by atoms with Gasteiger partial charge >= 0.3 is 4.87 Å². The van der Waals surface area contributed by atoms with Crippen LogP contribution in [0.15, 0.2) is 32.3 Å². The van der Waals surface area contributed by atoms with Crippen LogP contribution in [0.3, 0.4) is 0 Å². The molecule has 0 N–H and O–H groups in total. The molecule has 0 aromatic carbocycles. The molecule has 0 radical (unpaired) electrons. The molecule has 0 aliphatic heterocycles. The molecule has 68 valence electrons. The molecule has 0 fully saturated rings. The molecular formula is C8H6BrNOS2. The number of rotatable bonds is 2. The van der Waals surface area contributed by atoms with Crippen LogP contribution in [0.25, 0.3) is 0 Å². The van der Waals surface area contributed by atoms with E-state index in [1.165, 1.54) is 16.2 Å². The van der Waals surface area contributed by atoms with Gasteiger partial charge in [0.05, 0.1) is 6.54 Å². The summed E-state index contributed by atoms with van der Waals surface area (Å²) < 4.78 is 2.79. The van der Waals surface area contributed by atoms with Crippen molar-refractivity contribution in [1.82, 2.24) is 4.57 Å². The van der Waals surface area contributed by atoms with E-state index in [4.69, 9.17) is 0 Å². The molecule has 0 spiro atoms. The Morgan fingerprint density at radius 2 is 2.31 bits per heavy atom. The summed E-state index contributed by atoms with van der Waals surface area (Å²) in [5, 5.41) is 3.83. The fourth-order valence-corrected chi connectivity index (χ4v) is 3.05. The summed E-state index contributed by atoms with van der Waals surface area (Å²) in [4.78, 5) is 12.5. The van der Waals surface area contributed by atoms with Crippen LogP contribution in [0.5, 0.6) is 0 Å². The quantitative estimate of drug-likeness (QED) is 0.826. The first-order valence-corrected chi connectivity index (χ1v) is 6.18. The van der Waals surface area contributed by atoms with Crippen LogP contribution in [-0.4, -0.2) is 4.57 Å². The van der Waals surface area contributed by atoms with Crippen molar-refractivity contribution < 1.29 is 0 Å². The summed E-state index contributed by atoms with van der Waals surface area (Å²) >= 11 is 6.27. The zero-order valence-corrected chi connectivity index (χ0v) is 9.79. The average molecular weight is 276 g/mol. The minimum absolute atomic E-state index is 0.101. The predicted octanol–water partition coefficient (Wildman–Crippen LogP) is 2.78. The molecule has 0 aliphatic rings. The number of hydrogen-bond donors (Lipinski definition) is 0. The maximum absolute atomic E-state index is 11.2. The number of nitrogens with zero attached hydrogens (tertiary/aromatic N) is 1. The number of thiophene rings is 1. The van der Waals surface area contributed by atoms with E-state index >= 15 is 0 Å². The van der Waals surface area contributed by atoms with Crippen molar-refractivity contribution in [2.24, 2.45) is 0 Å². The van der Waals surface area contributed by atoms with Gasteiger partial charge in [0.2, 0.25) is 0 Å². The average Bonchev–Trinajstić information content (AvgIpc) is 2.64. The molecule has 0 saturated heterocycles. The molecule has 0 atom stereocenters. The van der Waals surface area contributed by atoms with Gasteiger partial charge < -0.3 is 4.57 Å². The van der Waals surface area contributed by atoms with E-state index in [0.29, 0.717) is 6.54 Å². The standard InChI is InChI=1S/C8H6BrNOS2/c9-6-3-7(13-5-6)4-10-1-2-12-8(10)11/h1-3,5H,4H2. The van der Waals surface area contributed by atoms with E-state index in [2.05, 4.69) is 15.9 Å². The normalized spacial score (nSPS) is 10.5. The van der Waals surface area contributed by atoms with Gasteiger partial charge in [-0.1, -0.05) is 11.3 Å². The summed E-state index contributed by atoms with van der Waals surface area (Å²) in [7, 11) is 0. The Labute approximate surface area is 91.6 Å². The lowest BCUT2D eigenvalue weighted by Gasteiger charge is -1.95. The summed E-state index contributed by atoms with van der Waals surface area (Å²) in [6.45, 7) is 0.679. The van der Waals surface area contributed by atoms with Crippen LogP contribution in [0.4, 0.5) is 0 Å². The molecule has 0 aliphatic carbocycles. The van der Waals surface area contributed by atoms with Gasteiger partial charge in [-0.15, -0.1) is 11.3 Å². The topological polar surface area (TPSA) is 22.0 Å². The maximum atomic E-state index is 11.2. The van der Waals surface area contributed by atoms with Crippen molar-refractivity contribution in [2.75, 3.05) is 0 Å². The van der Waals surface area contributed by atoms with E-state index in [1.54, 1.807) is 15.9 Å². The smallest absolute Gasteiger partial charge is 0.301 e. The summed E-state index contributed by atoms with van der Waals surface area (Å²) in [5.74, 6) is 0. The highest BCUT2D eigenvalue weighted by Gasteiger charge is 2.00. The second-order valence-electron chi connectivity index (χ2n) is 2.53. The minimum atomic E-state index is 0.101. The van der Waals surface area contributed by atoms with Crippen molar-refractivity contribution in [3.63, 3.8) is 0 Å². The third-order valence-electron chi connectivity index (χ3n) is 1.59. The lowest BCUT2D eigenvalue weighted by atomic mass is 10.4. The highest BCUT2D eigenvalue weighted by Crippen LogP contribution is 2.20. The zero-order valence-electron chi connectivity index (χ0n) is 6.57. The molecule has 0 amide bonds. The molecule has 2 aromatic rings. The molecule has 2 heterocycles. The molecule has 0 unspecified atom stereocenters. The van der Waals surface area contributed by atoms with E-state index in [9.17, 15) is 4.79 Å². The predicted molar refractivity (Wildman–Crippen MR) is 59.7 cm³/mol. The lowest BCUT2D eigenvalue weighted by molar-refractivity contribution is 0.796. The Morgan fingerprint density at radius 3 is 2.85 bits per heavy atom. The first kappa shape index (κ1) is 9.18. The summed E-state index contributed by atoms with van der Waals surface area (Å²) in [6.07, 6.45) is 1.82. The SMILES string of the molecule is O=c1sccn1Cc1cc(Br)cs1. The van der Waals surface area contributed by atoms with E-state index in [1.807, 2.05) is 23.0 Å². The van der Waals surface area contributed by atoms with Crippen LogP contribution < -0.4 is 4.87 Å². The first-order chi connectivity index (χ1) is 6.25. The Hall–Kier alpha value is -0.390. The molecule has 13 heavy (non-hydrogen) atoms. The van der Waals surface area contributed by atoms with Crippen LogP contribution in [0, 0.1) is 0 Å². The Bertz CT molecular complexity index is 456. The number of thiazole rings is 1. The largest absolute Gasteiger partial charge is 0.307 e. The second-order valence-corrected chi connectivity index (χ2v) is 5.30. The van der Waals surface area contributed by atoms with Crippen LogP contribution in [-0.2, 0) is 6.54 Å². The van der Waals surface area contributed by atoms with Gasteiger partial charge in [-0.25, -0.2) is 0 Å². The van der Waals surface area contributed by atoms with Gasteiger partial charge in [0.25, 0.3) is 0 Å². The highest BCUT2D eigenvalue weighted by molar-refractivity contribution is 9.10. The minimum Gasteiger partial charge on any atom is -0.301 e. The fraction of sp³-hybridized carbons (Fsp3) is 0.125. The van der Waals surface area contributed by atoms with Crippen molar-refractivity contribution in [3.05, 3.63) is 42.0 Å². The van der Waals surface area contributed by atoms with Crippen molar-refractivity contribution in [3.8, 4) is 0 Å². The number of aromatic nitrogens is 1. The number of hydrogen-bond acceptors (Lipinski definition) is 3. The van der Waals surface area contributed by atoms with Gasteiger partial charge in [-0.05, 0) is 22.0 Å². The third-order valence-corrected chi connectivity index (χ3v) is 3.97. The van der Waals surface area contributed by atoms with Crippen molar-refractivity contribution in [1.29, 1.82) is 0 Å². The fourth-order valence-electron chi connectivity index (χ4n) is 1.01. The molecule has 5 heteroatoms. The van der Waals surface area contributed by atoms with Crippen molar-refractivity contribution >= 4 is 38.6 Å². The molecule has 0 saturated carbocycles. The molecule has 2 rings (SSSR count). The van der Waals surface area contributed by atoms with E-state index in [0.717, 1.165) is 4.47 Å². The van der Waals surface area contributed by atoms with Crippen molar-refractivity contribution in [2.45, 2.75) is 6.54 Å². The van der Waals surface area contributed by atoms with E-state index in [-0.39, 0.29) is 4.87 Å². The molecule has 0 bridgehead atoms. The van der Waals surface area contributed by atoms with Gasteiger partial charge in [-0.2, -0.15) is 0 Å². The lowest BCUT2D eigenvalue weighted by Crippen LogP contribution is -2.11. The number of halogens is 1. The first-order valence-electron chi connectivity index (χ1n) is 3.62. The molecule has 2 nitrogen and oxygen atoms in total. The molecule has 2 aromatic heterocycles. The highest BCUT2D eigenvalue weighted by atomic mass is 79.9. The second kappa shape index (κ2) is 3.77. The van der Waals surface area contributed by atoms with E-state index < -0.39 is 0 Å². The van der Waals surface area contributed by atoms with Crippen LogP contribution >= 0.6 is 38.6 Å². The van der Waals surface area contributed by atoms with Crippen LogP contribution in [0.1, 0.15) is 4.88 Å². The summed E-state index contributed by atoms with van der Waals surface area (Å²) in [6, 6.07) is 2.04. The zero-order chi connectivity index (χ0) is 9.26. The van der Waals surface area contributed by atoms with Gasteiger partial charge in [0.1, 0.15) is 0 Å².